The van der Waals surface area contributed by atoms with Crippen LogP contribution in [0.15, 0.2) is 30.5 Å². The molecule has 164 valence electrons. The van der Waals surface area contributed by atoms with Crippen molar-refractivity contribution in [1.82, 2.24) is 15.2 Å². The lowest BCUT2D eigenvalue weighted by atomic mass is 10.1. The van der Waals surface area contributed by atoms with Crippen LogP contribution in [0, 0.1) is 5.82 Å². The summed E-state index contributed by atoms with van der Waals surface area (Å²) in [7, 11) is 1.58. The molecule has 1 unspecified atom stereocenters. The number of halogens is 1. The van der Waals surface area contributed by atoms with Gasteiger partial charge in [0.2, 0.25) is 0 Å². The Labute approximate surface area is 180 Å². The Bertz CT molecular complexity index is 974. The summed E-state index contributed by atoms with van der Waals surface area (Å²) in [5.74, 6) is -0.781. The van der Waals surface area contributed by atoms with Crippen molar-refractivity contribution in [3.05, 3.63) is 47.5 Å². The Morgan fingerprint density at radius 3 is 2.71 bits per heavy atom. The number of anilines is 2. The minimum absolute atomic E-state index is 0.118. The first kappa shape index (κ1) is 21.0. The van der Waals surface area contributed by atoms with E-state index >= 15 is 0 Å². The van der Waals surface area contributed by atoms with Crippen LogP contribution < -0.4 is 20.3 Å². The van der Waals surface area contributed by atoms with Gasteiger partial charge in [-0.15, -0.1) is 0 Å². The van der Waals surface area contributed by atoms with Gasteiger partial charge in [-0.05, 0) is 36.2 Å². The molecule has 31 heavy (non-hydrogen) atoms. The molecule has 9 heteroatoms. The number of fused-ring (bicyclic) bond motifs is 1. The smallest absolute Gasteiger partial charge is 0.269 e. The van der Waals surface area contributed by atoms with Crippen molar-refractivity contribution in [1.29, 1.82) is 0 Å². The number of hydrogen-bond donors (Lipinski definition) is 2. The van der Waals surface area contributed by atoms with E-state index in [0.29, 0.717) is 24.3 Å². The number of hydrogen-bond acceptors (Lipinski definition) is 6. The van der Waals surface area contributed by atoms with Crippen molar-refractivity contribution in [3.63, 3.8) is 0 Å². The standard InChI is InChI=1S/C22H26FN5O3/c1-3-19-22(30)26-18-11-14(10-16(23)20(18)31-19)13-27-6-8-28(9-7-27)15-4-5-17(25-12-15)21(29)24-2/h4-5,10-12,19H,3,6-9,13H2,1-2H3,(H,24,29)(H,26,30). The lowest BCUT2D eigenvalue weighted by Gasteiger charge is -2.36. The van der Waals surface area contributed by atoms with E-state index < -0.39 is 11.9 Å². The minimum Gasteiger partial charge on any atom is -0.475 e. The second-order valence-electron chi connectivity index (χ2n) is 7.70. The zero-order valence-corrected chi connectivity index (χ0v) is 17.7. The van der Waals surface area contributed by atoms with Crippen LogP contribution in [0.5, 0.6) is 5.75 Å². The van der Waals surface area contributed by atoms with Crippen LogP contribution >= 0.6 is 0 Å². The zero-order chi connectivity index (χ0) is 22.0. The molecule has 2 aliphatic heterocycles. The molecule has 0 saturated carbocycles. The number of nitrogens with zero attached hydrogens (tertiary/aromatic N) is 3. The average Bonchev–Trinajstić information content (AvgIpc) is 2.79. The fraction of sp³-hybridized carbons (Fsp3) is 0.409. The Kier molecular flexibility index (Phi) is 6.03. The number of piperazine rings is 1. The SMILES string of the molecule is CCC1Oc2c(F)cc(CN3CCN(c4ccc(C(=O)NC)nc4)CC3)cc2NC1=O. The molecule has 8 nitrogen and oxygen atoms in total. The van der Waals surface area contributed by atoms with Crippen LogP contribution in [0.25, 0.3) is 0 Å². The van der Waals surface area contributed by atoms with Crippen LogP contribution in [-0.2, 0) is 11.3 Å². The van der Waals surface area contributed by atoms with E-state index in [4.69, 9.17) is 4.74 Å². The van der Waals surface area contributed by atoms with Crippen LogP contribution in [0.4, 0.5) is 15.8 Å². The topological polar surface area (TPSA) is 86.8 Å². The highest BCUT2D eigenvalue weighted by molar-refractivity contribution is 5.97. The molecular formula is C22H26FN5O3. The zero-order valence-electron chi connectivity index (χ0n) is 17.7. The van der Waals surface area contributed by atoms with Crippen molar-refractivity contribution in [2.45, 2.75) is 26.0 Å². The molecule has 0 spiro atoms. The number of benzene rings is 1. The van der Waals surface area contributed by atoms with E-state index in [1.807, 2.05) is 13.0 Å². The minimum atomic E-state index is -0.652. The van der Waals surface area contributed by atoms with Crippen molar-refractivity contribution in [2.75, 3.05) is 43.4 Å². The van der Waals surface area contributed by atoms with Gasteiger partial charge < -0.3 is 20.3 Å². The Hall–Kier alpha value is -3.20. The molecule has 4 rings (SSSR count). The van der Waals surface area contributed by atoms with Crippen LogP contribution in [0.2, 0.25) is 0 Å². The second kappa shape index (κ2) is 8.89. The number of pyridine rings is 1. The van der Waals surface area contributed by atoms with Gasteiger partial charge >= 0.3 is 0 Å². The van der Waals surface area contributed by atoms with Gasteiger partial charge in [-0.1, -0.05) is 6.92 Å². The predicted octanol–water partition coefficient (Wildman–Crippen LogP) is 2.01. The molecule has 1 aromatic carbocycles. The van der Waals surface area contributed by atoms with Crippen molar-refractivity contribution in [2.24, 2.45) is 0 Å². The molecule has 1 fully saturated rings. The molecule has 2 aromatic rings. The van der Waals surface area contributed by atoms with Crippen LogP contribution in [0.3, 0.4) is 0 Å². The fourth-order valence-electron chi connectivity index (χ4n) is 3.89. The van der Waals surface area contributed by atoms with Crippen molar-refractivity contribution >= 4 is 23.2 Å². The molecule has 2 N–H and O–H groups in total. The fourth-order valence-corrected chi connectivity index (χ4v) is 3.89. The summed E-state index contributed by atoms with van der Waals surface area (Å²) in [6, 6.07) is 6.89. The number of aromatic nitrogens is 1. The van der Waals surface area contributed by atoms with Crippen molar-refractivity contribution < 1.29 is 18.7 Å². The molecule has 1 aromatic heterocycles. The third-order valence-electron chi connectivity index (χ3n) is 5.64. The maximum absolute atomic E-state index is 14.6. The number of nitrogens with one attached hydrogen (secondary N) is 2. The second-order valence-corrected chi connectivity index (χ2v) is 7.70. The molecule has 3 heterocycles. The number of carbonyl (C=O) groups excluding carboxylic acids is 2. The molecule has 1 saturated heterocycles. The van der Waals surface area contributed by atoms with Gasteiger partial charge in [0.25, 0.3) is 11.8 Å². The van der Waals surface area contributed by atoms with E-state index in [1.54, 1.807) is 25.4 Å². The average molecular weight is 427 g/mol. The first-order chi connectivity index (χ1) is 15.0. The molecular weight excluding hydrogens is 401 g/mol. The summed E-state index contributed by atoms with van der Waals surface area (Å²) >= 11 is 0. The lowest BCUT2D eigenvalue weighted by molar-refractivity contribution is -0.123. The highest BCUT2D eigenvalue weighted by Gasteiger charge is 2.29. The van der Waals surface area contributed by atoms with Gasteiger partial charge in [-0.2, -0.15) is 0 Å². The van der Waals surface area contributed by atoms with Crippen LogP contribution in [0.1, 0.15) is 29.4 Å². The molecule has 0 bridgehead atoms. The van der Waals surface area contributed by atoms with Gasteiger partial charge in [0.05, 0.1) is 17.6 Å². The highest BCUT2D eigenvalue weighted by Crippen LogP contribution is 2.34. The Morgan fingerprint density at radius 1 is 1.29 bits per heavy atom. The summed E-state index contributed by atoms with van der Waals surface area (Å²) in [5.41, 5.74) is 2.55. The van der Waals surface area contributed by atoms with E-state index in [-0.39, 0.29) is 17.6 Å². The highest BCUT2D eigenvalue weighted by atomic mass is 19.1. The molecule has 0 radical (unpaired) electrons. The van der Waals surface area contributed by atoms with Gasteiger partial charge in [-0.3, -0.25) is 14.5 Å². The summed E-state index contributed by atoms with van der Waals surface area (Å²) in [4.78, 5) is 32.4. The molecule has 2 aliphatic rings. The van der Waals surface area contributed by atoms with E-state index in [2.05, 4.69) is 25.4 Å². The van der Waals surface area contributed by atoms with E-state index in [0.717, 1.165) is 37.4 Å². The molecule has 0 aliphatic carbocycles. The van der Waals surface area contributed by atoms with E-state index in [9.17, 15) is 14.0 Å². The third kappa shape index (κ3) is 4.46. The number of ether oxygens (including phenoxy) is 1. The van der Waals surface area contributed by atoms with Gasteiger partial charge in [0.15, 0.2) is 17.7 Å². The number of carbonyl (C=O) groups is 2. The van der Waals surface area contributed by atoms with Gasteiger partial charge in [0.1, 0.15) is 5.69 Å². The predicted molar refractivity (Wildman–Crippen MR) is 115 cm³/mol. The molecule has 1 atom stereocenters. The van der Waals surface area contributed by atoms with E-state index in [1.165, 1.54) is 6.07 Å². The summed E-state index contributed by atoms with van der Waals surface area (Å²) < 4.78 is 20.1. The Balaban J connectivity index is 1.37. The van der Waals surface area contributed by atoms with Crippen molar-refractivity contribution in [3.8, 4) is 5.75 Å². The lowest BCUT2D eigenvalue weighted by Crippen LogP contribution is -2.46. The summed E-state index contributed by atoms with van der Waals surface area (Å²) in [5, 5.41) is 5.32. The third-order valence-corrected chi connectivity index (χ3v) is 5.64. The first-order valence-corrected chi connectivity index (χ1v) is 10.4. The maximum Gasteiger partial charge on any atom is 0.269 e. The monoisotopic (exact) mass is 427 g/mol. The summed E-state index contributed by atoms with van der Waals surface area (Å²) in [6.07, 6.45) is 1.55. The van der Waals surface area contributed by atoms with Gasteiger partial charge in [-0.25, -0.2) is 9.37 Å². The number of amides is 2. The maximum atomic E-state index is 14.6. The summed E-state index contributed by atoms with van der Waals surface area (Å²) in [6.45, 7) is 5.61. The Morgan fingerprint density at radius 2 is 2.06 bits per heavy atom. The normalized spacial score (nSPS) is 18.7. The quantitative estimate of drug-likeness (QED) is 0.759. The first-order valence-electron chi connectivity index (χ1n) is 10.4. The molecule has 2 amide bonds. The largest absolute Gasteiger partial charge is 0.475 e. The van der Waals surface area contributed by atoms with Crippen LogP contribution in [-0.4, -0.2) is 61.0 Å². The number of rotatable bonds is 5. The van der Waals surface area contributed by atoms with Gasteiger partial charge in [0, 0.05) is 39.8 Å².